The number of hydrogen-bond acceptors (Lipinski definition) is 3. The summed E-state index contributed by atoms with van der Waals surface area (Å²) in [5, 5.41) is 12.6. The molecule has 0 radical (unpaired) electrons. The molecule has 0 saturated carbocycles. The van der Waals surface area contributed by atoms with Gasteiger partial charge in [0.15, 0.2) is 0 Å². The molecule has 1 amide bonds. The number of aromatic nitrogens is 1. The number of aliphatic hydroxyl groups excluding tert-OH is 1. The molecule has 0 spiro atoms. The van der Waals surface area contributed by atoms with Crippen LogP contribution in [-0.4, -0.2) is 22.6 Å². The van der Waals surface area contributed by atoms with Crippen molar-refractivity contribution in [1.29, 1.82) is 0 Å². The van der Waals surface area contributed by atoms with E-state index in [0.717, 1.165) is 6.07 Å². The van der Waals surface area contributed by atoms with E-state index in [1.807, 2.05) is 0 Å². The molecule has 4 nitrogen and oxygen atoms in total. The lowest BCUT2D eigenvalue weighted by Gasteiger charge is -2.19. The zero-order valence-electron chi connectivity index (χ0n) is 13.4. The molecule has 24 heavy (non-hydrogen) atoms. The van der Waals surface area contributed by atoms with E-state index < -0.39 is 17.6 Å². The third-order valence-corrected chi connectivity index (χ3v) is 4.06. The molecule has 2 rings (SSSR count). The number of benzene rings is 1. The van der Waals surface area contributed by atoms with Gasteiger partial charge in [0.1, 0.15) is 5.82 Å². The first-order valence-corrected chi connectivity index (χ1v) is 7.71. The molecule has 0 aliphatic heterocycles. The fourth-order valence-corrected chi connectivity index (χ4v) is 2.66. The van der Waals surface area contributed by atoms with E-state index in [2.05, 4.69) is 16.9 Å². The summed E-state index contributed by atoms with van der Waals surface area (Å²) in [6, 6.07) is 5.43. The van der Waals surface area contributed by atoms with Gasteiger partial charge in [0.25, 0.3) is 5.91 Å². The number of rotatable bonds is 5. The highest BCUT2D eigenvalue weighted by molar-refractivity contribution is 6.34. The van der Waals surface area contributed by atoms with E-state index >= 15 is 0 Å². The second kappa shape index (κ2) is 7.55. The highest BCUT2D eigenvalue weighted by Crippen LogP contribution is 2.29. The number of nitrogens with zero attached hydrogens (tertiary/aromatic N) is 1. The molecule has 1 heterocycles. The van der Waals surface area contributed by atoms with Gasteiger partial charge in [-0.25, -0.2) is 4.39 Å². The predicted octanol–water partition coefficient (Wildman–Crippen LogP) is 4.09. The number of carbonyl (C=O) groups is 1. The van der Waals surface area contributed by atoms with Crippen LogP contribution in [0.1, 0.15) is 34.5 Å². The smallest absolute Gasteiger partial charge is 0.256 e. The zero-order valence-corrected chi connectivity index (χ0v) is 14.2. The van der Waals surface area contributed by atoms with Crippen LogP contribution < -0.4 is 5.32 Å². The van der Waals surface area contributed by atoms with Crippen LogP contribution in [0.15, 0.2) is 42.6 Å². The summed E-state index contributed by atoms with van der Waals surface area (Å²) >= 11 is 6.09. The van der Waals surface area contributed by atoms with Crippen molar-refractivity contribution in [1.82, 2.24) is 4.98 Å². The van der Waals surface area contributed by atoms with Crippen LogP contribution in [0.5, 0.6) is 0 Å². The minimum absolute atomic E-state index is 0.122. The van der Waals surface area contributed by atoms with Gasteiger partial charge in [-0.1, -0.05) is 29.8 Å². The fraction of sp³-hybridized carbons (Fsp3) is 0.222. The molecule has 0 aliphatic carbocycles. The van der Waals surface area contributed by atoms with E-state index in [1.54, 1.807) is 19.9 Å². The second-order valence-corrected chi connectivity index (χ2v) is 5.93. The summed E-state index contributed by atoms with van der Waals surface area (Å²) < 4.78 is 13.7. The number of anilines is 1. The lowest BCUT2D eigenvalue weighted by atomic mass is 9.89. The average Bonchev–Trinajstić information content (AvgIpc) is 2.52. The van der Waals surface area contributed by atoms with E-state index in [9.17, 15) is 14.3 Å². The molecule has 0 fully saturated rings. The number of amides is 1. The van der Waals surface area contributed by atoms with Crippen molar-refractivity contribution >= 4 is 23.2 Å². The highest BCUT2D eigenvalue weighted by Gasteiger charge is 2.21. The van der Waals surface area contributed by atoms with Crippen molar-refractivity contribution in [3.63, 3.8) is 0 Å². The van der Waals surface area contributed by atoms with Crippen molar-refractivity contribution < 1.29 is 14.3 Å². The molecule has 0 saturated heterocycles. The first-order valence-electron chi connectivity index (χ1n) is 7.33. The normalized spacial score (nSPS) is 11.9. The maximum absolute atomic E-state index is 13.7. The van der Waals surface area contributed by atoms with Crippen molar-refractivity contribution in [3.05, 3.63) is 70.3 Å². The predicted molar refractivity (Wildman–Crippen MR) is 93.0 cm³/mol. The number of aliphatic hydroxyl groups is 1. The molecule has 2 aromatic rings. The Labute approximate surface area is 145 Å². The number of aryl methyl sites for hydroxylation is 1. The van der Waals surface area contributed by atoms with Crippen LogP contribution in [0, 0.1) is 12.7 Å². The highest BCUT2D eigenvalue weighted by atomic mass is 35.5. The summed E-state index contributed by atoms with van der Waals surface area (Å²) in [6.07, 6.45) is 1.53. The van der Waals surface area contributed by atoms with Crippen LogP contribution in [0.3, 0.4) is 0 Å². The summed E-state index contributed by atoms with van der Waals surface area (Å²) in [5.74, 6) is -1.53. The third-order valence-electron chi connectivity index (χ3n) is 3.74. The molecule has 126 valence electrons. The van der Waals surface area contributed by atoms with Crippen molar-refractivity contribution in [2.45, 2.75) is 19.8 Å². The maximum atomic E-state index is 13.7. The van der Waals surface area contributed by atoms with E-state index in [4.69, 9.17) is 11.6 Å². The molecule has 6 heteroatoms. The number of halogens is 2. The Morgan fingerprint density at radius 3 is 2.75 bits per heavy atom. The van der Waals surface area contributed by atoms with Gasteiger partial charge in [0, 0.05) is 17.7 Å². The second-order valence-electron chi connectivity index (χ2n) is 5.52. The van der Waals surface area contributed by atoms with Crippen molar-refractivity contribution in [3.8, 4) is 0 Å². The SMILES string of the molecule is C=C(C)C(CO)c1ccc(F)cc1C(=O)Nc1c(Cl)ccnc1C. The van der Waals surface area contributed by atoms with E-state index in [1.165, 1.54) is 18.3 Å². The van der Waals surface area contributed by atoms with Gasteiger partial charge in [-0.3, -0.25) is 9.78 Å². The molecular weight excluding hydrogens is 331 g/mol. The molecule has 1 unspecified atom stereocenters. The van der Waals surface area contributed by atoms with Crippen LogP contribution in [-0.2, 0) is 0 Å². The average molecular weight is 349 g/mol. The molecule has 0 bridgehead atoms. The molecule has 0 aliphatic rings. The van der Waals surface area contributed by atoms with Crippen molar-refractivity contribution in [2.75, 3.05) is 11.9 Å². The van der Waals surface area contributed by atoms with Gasteiger partial charge in [-0.2, -0.15) is 0 Å². The van der Waals surface area contributed by atoms with Crippen LogP contribution in [0.4, 0.5) is 10.1 Å². The van der Waals surface area contributed by atoms with Gasteiger partial charge in [0.2, 0.25) is 0 Å². The fourth-order valence-electron chi connectivity index (χ4n) is 2.41. The van der Waals surface area contributed by atoms with Gasteiger partial charge < -0.3 is 10.4 Å². The van der Waals surface area contributed by atoms with Crippen molar-refractivity contribution in [2.24, 2.45) is 0 Å². The minimum Gasteiger partial charge on any atom is -0.395 e. The Morgan fingerprint density at radius 1 is 1.46 bits per heavy atom. The van der Waals surface area contributed by atoms with Crippen LogP contribution >= 0.6 is 11.6 Å². The Kier molecular flexibility index (Phi) is 5.70. The topological polar surface area (TPSA) is 62.2 Å². The zero-order chi connectivity index (χ0) is 17.9. The first-order chi connectivity index (χ1) is 11.3. The summed E-state index contributed by atoms with van der Waals surface area (Å²) in [6.45, 7) is 7.04. The maximum Gasteiger partial charge on any atom is 0.256 e. The van der Waals surface area contributed by atoms with Gasteiger partial charge in [0.05, 0.1) is 23.0 Å². The molecule has 2 N–H and O–H groups in total. The number of nitrogens with one attached hydrogen (secondary N) is 1. The molecule has 1 aromatic heterocycles. The lowest BCUT2D eigenvalue weighted by Crippen LogP contribution is -2.19. The standard InChI is InChI=1S/C18H18ClFN2O2/c1-10(2)15(9-23)13-5-4-12(20)8-14(13)18(24)22-17-11(3)21-7-6-16(17)19/h4-8,15,23H,1,9H2,2-3H3,(H,22,24). The van der Waals surface area contributed by atoms with Gasteiger partial charge in [-0.15, -0.1) is 0 Å². The summed E-state index contributed by atoms with van der Waals surface area (Å²) in [4.78, 5) is 16.7. The summed E-state index contributed by atoms with van der Waals surface area (Å²) in [7, 11) is 0. The summed E-state index contributed by atoms with van der Waals surface area (Å²) in [5.41, 5.74) is 2.22. The van der Waals surface area contributed by atoms with Gasteiger partial charge >= 0.3 is 0 Å². The Balaban J connectivity index is 2.45. The molecular formula is C18H18ClFN2O2. The number of pyridine rings is 1. The monoisotopic (exact) mass is 348 g/mol. The van der Waals surface area contributed by atoms with E-state index in [0.29, 0.717) is 27.5 Å². The Morgan fingerprint density at radius 2 is 2.17 bits per heavy atom. The first kappa shape index (κ1) is 18.1. The quantitative estimate of drug-likeness (QED) is 0.800. The third kappa shape index (κ3) is 3.80. The Hall–Kier alpha value is -2.24. The Bertz CT molecular complexity index is 772. The minimum atomic E-state index is -0.545. The van der Waals surface area contributed by atoms with Gasteiger partial charge in [-0.05, 0) is 37.6 Å². The van der Waals surface area contributed by atoms with E-state index in [-0.39, 0.29) is 12.2 Å². The van der Waals surface area contributed by atoms with Crippen LogP contribution in [0.25, 0.3) is 0 Å². The molecule has 1 atom stereocenters. The van der Waals surface area contributed by atoms with Crippen LogP contribution in [0.2, 0.25) is 5.02 Å². The number of hydrogen-bond donors (Lipinski definition) is 2. The number of carbonyl (C=O) groups excluding carboxylic acids is 1. The molecule has 1 aromatic carbocycles. The largest absolute Gasteiger partial charge is 0.395 e. The lowest BCUT2D eigenvalue weighted by molar-refractivity contribution is 0.102.